The highest BCUT2D eigenvalue weighted by Crippen LogP contribution is 2.40. The first-order valence-electron chi connectivity index (χ1n) is 12.1. The van der Waals surface area contributed by atoms with Crippen molar-refractivity contribution < 1.29 is 0 Å². The molecule has 0 amide bonds. The SMILES string of the molecule is Cc1sc2c(c1C)C(c1ccc(N3CCCC4(CCNC4)C3)cc1)=NC(C)c1nnc(C)n1-2. The molecule has 0 bridgehead atoms. The molecule has 6 nitrogen and oxygen atoms in total. The minimum absolute atomic E-state index is 0.0444. The van der Waals surface area contributed by atoms with E-state index in [9.17, 15) is 0 Å². The van der Waals surface area contributed by atoms with E-state index < -0.39 is 0 Å². The average Bonchev–Trinajstić information content (AvgIpc) is 3.48. The highest BCUT2D eigenvalue weighted by atomic mass is 32.1. The molecule has 2 fully saturated rings. The molecule has 33 heavy (non-hydrogen) atoms. The van der Waals surface area contributed by atoms with Gasteiger partial charge in [0.25, 0.3) is 0 Å². The van der Waals surface area contributed by atoms with Crippen molar-refractivity contribution in [3.8, 4) is 5.00 Å². The Labute approximate surface area is 199 Å². The second-order valence-corrected chi connectivity index (χ2v) is 11.3. The van der Waals surface area contributed by atoms with Gasteiger partial charge in [0.1, 0.15) is 16.9 Å². The lowest BCUT2D eigenvalue weighted by Crippen LogP contribution is -2.44. The standard InChI is InChI=1S/C26H32N6S/c1-16-18(3)33-25-22(16)23(28-17(2)24-30-29-19(4)32(24)25)20-6-8-21(9-7-20)31-13-5-10-26(15-31)11-12-27-14-26/h6-9,17,27H,5,10-15H2,1-4H3. The molecule has 6 rings (SSSR count). The van der Waals surface area contributed by atoms with E-state index in [0.29, 0.717) is 5.41 Å². The van der Waals surface area contributed by atoms with Crippen molar-refractivity contribution in [2.75, 3.05) is 31.1 Å². The lowest BCUT2D eigenvalue weighted by atomic mass is 9.79. The van der Waals surface area contributed by atoms with Gasteiger partial charge in [0.15, 0.2) is 5.82 Å². The molecule has 2 atom stereocenters. The van der Waals surface area contributed by atoms with Gasteiger partial charge in [0.05, 0.1) is 5.71 Å². The van der Waals surface area contributed by atoms with Gasteiger partial charge in [-0.25, -0.2) is 0 Å². The number of benzene rings is 1. The van der Waals surface area contributed by atoms with Gasteiger partial charge in [-0.2, -0.15) is 0 Å². The van der Waals surface area contributed by atoms with E-state index in [1.165, 1.54) is 64.6 Å². The molecule has 2 unspecified atom stereocenters. The number of hydrogen-bond acceptors (Lipinski definition) is 6. The van der Waals surface area contributed by atoms with Gasteiger partial charge in [-0.1, -0.05) is 12.1 Å². The number of anilines is 1. The van der Waals surface area contributed by atoms with Crippen molar-refractivity contribution in [2.24, 2.45) is 10.4 Å². The van der Waals surface area contributed by atoms with E-state index in [4.69, 9.17) is 4.99 Å². The van der Waals surface area contributed by atoms with Crippen LogP contribution in [0.2, 0.25) is 0 Å². The Morgan fingerprint density at radius 3 is 2.67 bits per heavy atom. The minimum atomic E-state index is -0.0444. The maximum atomic E-state index is 5.19. The van der Waals surface area contributed by atoms with Crippen LogP contribution in [0, 0.1) is 26.2 Å². The van der Waals surface area contributed by atoms with E-state index >= 15 is 0 Å². The molecule has 1 spiro atoms. The summed E-state index contributed by atoms with van der Waals surface area (Å²) in [5.74, 6) is 1.84. The topological polar surface area (TPSA) is 58.3 Å². The van der Waals surface area contributed by atoms with E-state index in [1.807, 2.05) is 18.3 Å². The van der Waals surface area contributed by atoms with Crippen molar-refractivity contribution in [2.45, 2.75) is 53.0 Å². The number of aryl methyl sites for hydroxylation is 2. The van der Waals surface area contributed by atoms with Gasteiger partial charge in [0.2, 0.25) is 0 Å². The van der Waals surface area contributed by atoms with Crippen LogP contribution in [0.3, 0.4) is 0 Å². The van der Waals surface area contributed by atoms with Crippen LogP contribution in [0.1, 0.15) is 65.4 Å². The molecule has 1 aromatic carbocycles. The third kappa shape index (κ3) is 3.36. The maximum Gasteiger partial charge on any atom is 0.162 e. The predicted molar refractivity (Wildman–Crippen MR) is 135 cm³/mol. The summed E-state index contributed by atoms with van der Waals surface area (Å²) in [6, 6.07) is 9.09. The summed E-state index contributed by atoms with van der Waals surface area (Å²) in [6.07, 6.45) is 3.94. The van der Waals surface area contributed by atoms with Crippen molar-refractivity contribution in [3.63, 3.8) is 0 Å². The fraction of sp³-hybridized carbons (Fsp3) is 0.500. The van der Waals surface area contributed by atoms with Crippen molar-refractivity contribution in [3.05, 3.63) is 57.5 Å². The smallest absolute Gasteiger partial charge is 0.162 e. The van der Waals surface area contributed by atoms with E-state index in [0.717, 1.165) is 30.5 Å². The molecular formula is C26H32N6S. The lowest BCUT2D eigenvalue weighted by Gasteiger charge is -2.41. The first-order valence-corrected chi connectivity index (χ1v) is 12.9. The van der Waals surface area contributed by atoms with Crippen LogP contribution in [0.15, 0.2) is 29.3 Å². The first-order chi connectivity index (χ1) is 16.0. The molecule has 7 heteroatoms. The largest absolute Gasteiger partial charge is 0.371 e. The van der Waals surface area contributed by atoms with Crippen LogP contribution in [0.25, 0.3) is 5.00 Å². The Hall–Kier alpha value is -2.51. The molecular weight excluding hydrogens is 428 g/mol. The van der Waals surface area contributed by atoms with E-state index in [1.54, 1.807) is 0 Å². The summed E-state index contributed by atoms with van der Waals surface area (Å²) < 4.78 is 2.21. The summed E-state index contributed by atoms with van der Waals surface area (Å²) in [5, 5.41) is 13.6. The fourth-order valence-corrected chi connectivity index (χ4v) is 7.10. The zero-order valence-electron chi connectivity index (χ0n) is 20.0. The van der Waals surface area contributed by atoms with Crippen LogP contribution >= 0.6 is 11.3 Å². The molecule has 0 aliphatic carbocycles. The molecule has 5 heterocycles. The predicted octanol–water partition coefficient (Wildman–Crippen LogP) is 4.75. The van der Waals surface area contributed by atoms with Gasteiger partial charge in [-0.15, -0.1) is 21.5 Å². The molecule has 3 aliphatic rings. The zero-order chi connectivity index (χ0) is 22.7. The van der Waals surface area contributed by atoms with Crippen LogP contribution in [-0.2, 0) is 0 Å². The molecule has 2 saturated heterocycles. The van der Waals surface area contributed by atoms with Gasteiger partial charge < -0.3 is 10.2 Å². The van der Waals surface area contributed by atoms with Crippen LogP contribution in [-0.4, -0.2) is 46.7 Å². The molecule has 3 aromatic rings. The molecule has 0 radical (unpaired) electrons. The van der Waals surface area contributed by atoms with E-state index in [2.05, 4.69) is 70.0 Å². The summed E-state index contributed by atoms with van der Waals surface area (Å²) in [4.78, 5) is 9.11. The highest BCUT2D eigenvalue weighted by Gasteiger charge is 2.38. The number of thiophene rings is 1. The first kappa shape index (κ1) is 21.1. The Balaban J connectivity index is 1.38. The Morgan fingerprint density at radius 2 is 1.91 bits per heavy atom. The number of hydrogen-bond donors (Lipinski definition) is 1. The third-order valence-corrected chi connectivity index (χ3v) is 9.04. The van der Waals surface area contributed by atoms with Crippen LogP contribution in [0.5, 0.6) is 0 Å². The van der Waals surface area contributed by atoms with E-state index in [-0.39, 0.29) is 6.04 Å². The van der Waals surface area contributed by atoms with Crippen molar-refractivity contribution in [1.29, 1.82) is 0 Å². The molecule has 1 N–H and O–H groups in total. The Kier molecular flexibility index (Phi) is 4.96. The number of fused-ring (bicyclic) bond motifs is 3. The number of piperidine rings is 1. The maximum absolute atomic E-state index is 5.19. The molecule has 172 valence electrons. The summed E-state index contributed by atoms with van der Waals surface area (Å²) in [6.45, 7) is 13.2. The molecule has 2 aromatic heterocycles. The monoisotopic (exact) mass is 460 g/mol. The summed E-state index contributed by atoms with van der Waals surface area (Å²) in [5.41, 5.74) is 6.58. The fourth-order valence-electron chi connectivity index (χ4n) is 5.88. The molecule has 0 saturated carbocycles. The quantitative estimate of drug-likeness (QED) is 0.600. The van der Waals surface area contributed by atoms with Crippen molar-refractivity contribution >= 4 is 22.7 Å². The second kappa shape index (κ2) is 7.77. The number of nitrogens with one attached hydrogen (secondary N) is 1. The highest BCUT2D eigenvalue weighted by molar-refractivity contribution is 7.15. The van der Waals surface area contributed by atoms with Gasteiger partial charge in [-0.3, -0.25) is 9.56 Å². The van der Waals surface area contributed by atoms with Crippen LogP contribution < -0.4 is 10.2 Å². The molecule has 3 aliphatic heterocycles. The summed E-state index contributed by atoms with van der Waals surface area (Å²) >= 11 is 1.82. The number of aliphatic imine (C=N–C) groups is 1. The average molecular weight is 461 g/mol. The normalized spacial score (nSPS) is 24.5. The Morgan fingerprint density at radius 1 is 1.09 bits per heavy atom. The number of nitrogens with zero attached hydrogens (tertiary/aromatic N) is 5. The second-order valence-electron chi connectivity index (χ2n) is 10.1. The van der Waals surface area contributed by atoms with Gasteiger partial charge in [0, 0.05) is 46.7 Å². The minimum Gasteiger partial charge on any atom is -0.371 e. The van der Waals surface area contributed by atoms with Gasteiger partial charge in [-0.05, 0) is 71.2 Å². The number of aromatic nitrogens is 3. The lowest BCUT2D eigenvalue weighted by molar-refractivity contribution is 0.261. The van der Waals surface area contributed by atoms with Gasteiger partial charge >= 0.3 is 0 Å². The van der Waals surface area contributed by atoms with Crippen LogP contribution in [0.4, 0.5) is 5.69 Å². The Bertz CT molecular complexity index is 1230. The summed E-state index contributed by atoms with van der Waals surface area (Å²) in [7, 11) is 0. The van der Waals surface area contributed by atoms with Crippen molar-refractivity contribution in [1.82, 2.24) is 20.1 Å². The number of rotatable bonds is 2. The zero-order valence-corrected chi connectivity index (χ0v) is 20.8. The third-order valence-electron chi connectivity index (χ3n) is 7.85.